The molecule has 0 bridgehead atoms. The van der Waals surface area contributed by atoms with Crippen LogP contribution in [0, 0.1) is 10.1 Å². The van der Waals surface area contributed by atoms with E-state index >= 15 is 0 Å². The second-order valence-corrected chi connectivity index (χ2v) is 8.96. The maximum absolute atomic E-state index is 12.6. The van der Waals surface area contributed by atoms with Gasteiger partial charge in [-0.2, -0.15) is 5.10 Å². The van der Waals surface area contributed by atoms with Gasteiger partial charge in [0.15, 0.2) is 0 Å². The van der Waals surface area contributed by atoms with Gasteiger partial charge in [-0.05, 0) is 37.1 Å². The summed E-state index contributed by atoms with van der Waals surface area (Å²) in [6, 6.07) is 12.7. The Hall–Kier alpha value is -3.11. The van der Waals surface area contributed by atoms with E-state index in [0.29, 0.717) is 5.69 Å². The predicted molar refractivity (Wildman–Crippen MR) is 110 cm³/mol. The van der Waals surface area contributed by atoms with E-state index in [1.54, 1.807) is 6.20 Å². The van der Waals surface area contributed by atoms with E-state index in [1.165, 1.54) is 18.2 Å². The van der Waals surface area contributed by atoms with E-state index in [4.69, 9.17) is 0 Å². The van der Waals surface area contributed by atoms with Gasteiger partial charge >= 0.3 is 0 Å². The Labute approximate surface area is 174 Å². The van der Waals surface area contributed by atoms with Gasteiger partial charge in [0.2, 0.25) is 10.0 Å². The lowest BCUT2D eigenvalue weighted by atomic mass is 10.2. The molecule has 3 aromatic rings. The van der Waals surface area contributed by atoms with E-state index in [9.17, 15) is 18.5 Å². The summed E-state index contributed by atoms with van der Waals surface area (Å²) in [6.07, 6.45) is 6.05. The van der Waals surface area contributed by atoms with Gasteiger partial charge in [-0.1, -0.05) is 25.0 Å². The zero-order chi connectivity index (χ0) is 21.1. The highest BCUT2D eigenvalue weighted by molar-refractivity contribution is 7.89. The molecule has 0 saturated heterocycles. The number of pyridine rings is 1. The zero-order valence-electron chi connectivity index (χ0n) is 16.1. The minimum absolute atomic E-state index is 0.0232. The van der Waals surface area contributed by atoms with E-state index in [2.05, 4.69) is 14.8 Å². The Kier molecular flexibility index (Phi) is 5.60. The number of hydrogen-bond donors (Lipinski definition) is 1. The van der Waals surface area contributed by atoms with Crippen molar-refractivity contribution in [1.29, 1.82) is 0 Å². The third-order valence-corrected chi connectivity index (χ3v) is 6.57. The molecule has 2 aromatic heterocycles. The van der Waals surface area contributed by atoms with Crippen LogP contribution in [0.15, 0.2) is 59.6 Å². The van der Waals surface area contributed by atoms with Gasteiger partial charge in [0.25, 0.3) is 5.69 Å². The van der Waals surface area contributed by atoms with Gasteiger partial charge in [0, 0.05) is 18.3 Å². The van der Waals surface area contributed by atoms with Crippen molar-refractivity contribution in [3.05, 3.63) is 70.5 Å². The number of rotatable bonds is 7. The summed E-state index contributed by atoms with van der Waals surface area (Å²) < 4.78 is 29.7. The first-order chi connectivity index (χ1) is 14.4. The van der Waals surface area contributed by atoms with E-state index in [-0.39, 0.29) is 23.2 Å². The molecule has 1 N–H and O–H groups in total. The molecule has 1 saturated carbocycles. The van der Waals surface area contributed by atoms with Gasteiger partial charge < -0.3 is 0 Å². The van der Waals surface area contributed by atoms with Crippen LogP contribution in [0.25, 0.3) is 11.4 Å². The predicted octanol–water partition coefficient (Wildman–Crippen LogP) is 3.45. The van der Waals surface area contributed by atoms with Gasteiger partial charge in [-0.15, -0.1) is 0 Å². The topological polar surface area (TPSA) is 120 Å². The largest absolute Gasteiger partial charge is 0.270 e. The minimum atomic E-state index is -3.92. The summed E-state index contributed by atoms with van der Waals surface area (Å²) in [5, 5.41) is 15.6. The smallest absolute Gasteiger partial charge is 0.260 e. The molecule has 30 heavy (non-hydrogen) atoms. The van der Waals surface area contributed by atoms with Crippen LogP contribution in [0.2, 0.25) is 0 Å². The van der Waals surface area contributed by atoms with Crippen LogP contribution in [-0.4, -0.2) is 28.1 Å². The Balaban J connectivity index is 1.59. The summed E-state index contributed by atoms with van der Waals surface area (Å²) in [4.78, 5) is 14.6. The summed E-state index contributed by atoms with van der Waals surface area (Å²) in [5.41, 5.74) is 1.93. The molecule has 1 aromatic carbocycles. The molecule has 1 fully saturated rings. The van der Waals surface area contributed by atoms with Gasteiger partial charge in [-0.25, -0.2) is 13.1 Å². The number of non-ortho nitro benzene ring substituents is 1. The maximum atomic E-state index is 12.6. The van der Waals surface area contributed by atoms with Crippen molar-refractivity contribution in [2.45, 2.75) is 43.2 Å². The molecule has 2 heterocycles. The van der Waals surface area contributed by atoms with Crippen molar-refractivity contribution in [3.8, 4) is 11.4 Å². The monoisotopic (exact) mass is 427 g/mol. The molecular formula is C20H21N5O4S. The summed E-state index contributed by atoms with van der Waals surface area (Å²) in [6.45, 7) is -0.0232. The van der Waals surface area contributed by atoms with Crippen molar-refractivity contribution in [3.63, 3.8) is 0 Å². The zero-order valence-corrected chi connectivity index (χ0v) is 17.0. The van der Waals surface area contributed by atoms with E-state index < -0.39 is 14.9 Å². The molecular weight excluding hydrogens is 406 g/mol. The average molecular weight is 427 g/mol. The van der Waals surface area contributed by atoms with Crippen molar-refractivity contribution in [2.24, 2.45) is 0 Å². The molecule has 0 amide bonds. The molecule has 0 aliphatic heterocycles. The normalized spacial score (nSPS) is 14.8. The highest BCUT2D eigenvalue weighted by Crippen LogP contribution is 2.33. The second-order valence-electron chi connectivity index (χ2n) is 7.20. The van der Waals surface area contributed by atoms with E-state index in [1.807, 2.05) is 28.9 Å². The first-order valence-corrected chi connectivity index (χ1v) is 11.2. The molecule has 156 valence electrons. The molecule has 0 atom stereocenters. The second kappa shape index (κ2) is 8.33. The average Bonchev–Trinajstić information content (AvgIpc) is 3.43. The first-order valence-electron chi connectivity index (χ1n) is 9.68. The molecule has 9 nitrogen and oxygen atoms in total. The molecule has 1 aliphatic rings. The van der Waals surface area contributed by atoms with E-state index in [0.717, 1.165) is 43.1 Å². The highest BCUT2D eigenvalue weighted by Gasteiger charge is 2.23. The Morgan fingerprint density at radius 3 is 2.63 bits per heavy atom. The number of benzene rings is 1. The van der Waals surface area contributed by atoms with Crippen LogP contribution in [-0.2, 0) is 16.6 Å². The fourth-order valence-electron chi connectivity index (χ4n) is 3.68. The minimum Gasteiger partial charge on any atom is -0.260 e. The number of nitro groups is 1. The molecule has 0 spiro atoms. The lowest BCUT2D eigenvalue weighted by Crippen LogP contribution is -2.23. The van der Waals surface area contributed by atoms with Crippen LogP contribution in [0.4, 0.5) is 5.69 Å². The number of hydrogen-bond acceptors (Lipinski definition) is 6. The van der Waals surface area contributed by atoms with Crippen LogP contribution in [0.3, 0.4) is 0 Å². The summed E-state index contributed by atoms with van der Waals surface area (Å²) in [7, 11) is -3.92. The number of nitro benzene ring substituents is 1. The summed E-state index contributed by atoms with van der Waals surface area (Å²) in [5.74, 6) is 0. The van der Waals surface area contributed by atoms with Crippen molar-refractivity contribution in [2.75, 3.05) is 0 Å². The molecule has 4 rings (SSSR count). The summed E-state index contributed by atoms with van der Waals surface area (Å²) >= 11 is 0. The first kappa shape index (κ1) is 20.2. The van der Waals surface area contributed by atoms with Crippen molar-refractivity contribution in [1.82, 2.24) is 19.5 Å². The number of sulfonamides is 1. The molecule has 10 heteroatoms. The van der Waals surface area contributed by atoms with Gasteiger partial charge in [-0.3, -0.25) is 19.8 Å². The Bertz CT molecular complexity index is 1150. The molecule has 0 unspecified atom stereocenters. The van der Waals surface area contributed by atoms with Gasteiger partial charge in [0.05, 0.1) is 39.5 Å². The maximum Gasteiger partial charge on any atom is 0.270 e. The lowest BCUT2D eigenvalue weighted by Gasteiger charge is -2.13. The number of nitrogens with zero attached hydrogens (tertiary/aromatic N) is 4. The SMILES string of the molecule is O=[N+]([O-])c1cccc(S(=O)(=O)NCc2cc(-c3ccccn3)n(C3CCCC3)n2)c1. The van der Waals surface area contributed by atoms with Crippen molar-refractivity contribution >= 4 is 15.7 Å². The Morgan fingerprint density at radius 1 is 1.13 bits per heavy atom. The number of aromatic nitrogens is 3. The molecule has 0 radical (unpaired) electrons. The van der Waals surface area contributed by atoms with Crippen LogP contribution in [0.5, 0.6) is 0 Å². The lowest BCUT2D eigenvalue weighted by molar-refractivity contribution is -0.385. The van der Waals surface area contributed by atoms with Crippen molar-refractivity contribution < 1.29 is 13.3 Å². The van der Waals surface area contributed by atoms with Gasteiger partial charge in [0.1, 0.15) is 0 Å². The van der Waals surface area contributed by atoms with Crippen LogP contribution >= 0.6 is 0 Å². The van der Waals surface area contributed by atoms with Crippen LogP contribution < -0.4 is 4.72 Å². The van der Waals surface area contributed by atoms with Crippen LogP contribution in [0.1, 0.15) is 37.4 Å². The highest BCUT2D eigenvalue weighted by atomic mass is 32.2. The standard InChI is InChI=1S/C20H21N5O4S/c26-25(27)17-8-5-9-18(13-17)30(28,29)22-14-15-12-20(19-10-3-4-11-21-19)24(23-15)16-6-1-2-7-16/h3-5,8-13,16,22H,1-2,6-7,14H2. The fraction of sp³-hybridized carbons (Fsp3) is 0.300. The third kappa shape index (κ3) is 4.24. The molecule has 1 aliphatic carbocycles. The Morgan fingerprint density at radius 2 is 1.93 bits per heavy atom. The third-order valence-electron chi connectivity index (χ3n) is 5.17. The fourth-order valence-corrected chi connectivity index (χ4v) is 4.72. The quantitative estimate of drug-likeness (QED) is 0.455. The number of nitrogens with one attached hydrogen (secondary N) is 1.